The fourth-order valence-electron chi connectivity index (χ4n) is 3.05. The molecule has 1 saturated heterocycles. The smallest absolute Gasteiger partial charge is 0.262 e. The highest BCUT2D eigenvalue weighted by molar-refractivity contribution is 7.97. The van der Waals surface area contributed by atoms with Crippen molar-refractivity contribution in [2.24, 2.45) is 11.7 Å². The Labute approximate surface area is 124 Å². The molecule has 2 aliphatic rings. The Morgan fingerprint density at radius 3 is 2.48 bits per heavy atom. The van der Waals surface area contributed by atoms with Crippen molar-refractivity contribution in [1.82, 2.24) is 4.90 Å². The van der Waals surface area contributed by atoms with Crippen molar-refractivity contribution in [2.45, 2.75) is 24.7 Å². The summed E-state index contributed by atoms with van der Waals surface area (Å²) in [5, 5.41) is 0. The van der Waals surface area contributed by atoms with Crippen LogP contribution in [0.5, 0.6) is 0 Å². The van der Waals surface area contributed by atoms with Gasteiger partial charge >= 0.3 is 0 Å². The number of amides is 1. The number of nitrogens with two attached hydrogens (primary N) is 1. The first-order valence-electron chi connectivity index (χ1n) is 7.06. The third-order valence-electron chi connectivity index (χ3n) is 4.24. The normalized spacial score (nSPS) is 21.5. The van der Waals surface area contributed by atoms with Gasteiger partial charge in [0.05, 0.1) is 10.6 Å². The first kappa shape index (κ1) is 14.1. The van der Waals surface area contributed by atoms with E-state index in [4.69, 9.17) is 5.73 Å². The van der Waals surface area contributed by atoms with E-state index in [1.165, 1.54) is 6.07 Å². The minimum atomic E-state index is -3.79. The van der Waals surface area contributed by atoms with E-state index >= 15 is 0 Å². The number of sulfone groups is 1. The summed E-state index contributed by atoms with van der Waals surface area (Å²) in [6.07, 6.45) is 1.97. The first-order chi connectivity index (χ1) is 9.93. The molecular weight excluding hydrogens is 288 g/mol. The molecule has 5 nitrogen and oxygen atoms in total. The van der Waals surface area contributed by atoms with E-state index in [0.29, 0.717) is 17.2 Å². The summed E-state index contributed by atoms with van der Waals surface area (Å²) in [6, 6.07) is 6.73. The van der Waals surface area contributed by atoms with Gasteiger partial charge in [-0.05, 0) is 24.8 Å². The molecule has 0 aromatic heterocycles. The number of carbonyl (C=O) groups excluding carboxylic acids is 1. The van der Waals surface area contributed by atoms with Crippen LogP contribution in [0.3, 0.4) is 0 Å². The van der Waals surface area contributed by atoms with Gasteiger partial charge in [0.15, 0.2) is 4.91 Å². The summed E-state index contributed by atoms with van der Waals surface area (Å²) in [4.78, 5) is 13.7. The Bertz CT molecular complexity index is 729. The molecule has 2 aliphatic heterocycles. The lowest BCUT2D eigenvalue weighted by atomic mass is 9.97. The number of primary amides is 1. The lowest BCUT2D eigenvalue weighted by Gasteiger charge is -2.33. The zero-order chi connectivity index (χ0) is 15.2. The van der Waals surface area contributed by atoms with Gasteiger partial charge < -0.3 is 10.6 Å². The zero-order valence-electron chi connectivity index (χ0n) is 11.9. The zero-order valence-corrected chi connectivity index (χ0v) is 12.7. The fourth-order valence-corrected chi connectivity index (χ4v) is 4.74. The van der Waals surface area contributed by atoms with Crippen LogP contribution in [-0.4, -0.2) is 32.3 Å². The molecule has 0 spiro atoms. The van der Waals surface area contributed by atoms with E-state index in [1.54, 1.807) is 18.2 Å². The Hall–Kier alpha value is -1.82. The lowest BCUT2D eigenvalue weighted by Crippen LogP contribution is -2.33. The van der Waals surface area contributed by atoms with Crippen molar-refractivity contribution in [3.63, 3.8) is 0 Å². The second-order valence-electron chi connectivity index (χ2n) is 5.71. The molecule has 2 heterocycles. The number of hydrogen-bond donors (Lipinski definition) is 1. The van der Waals surface area contributed by atoms with E-state index in [1.807, 2.05) is 4.90 Å². The van der Waals surface area contributed by atoms with Crippen LogP contribution >= 0.6 is 0 Å². The van der Waals surface area contributed by atoms with Gasteiger partial charge in [0.2, 0.25) is 9.84 Å². The molecular formula is C15H18N2O3S. The summed E-state index contributed by atoms with van der Waals surface area (Å²) in [7, 11) is -3.79. The van der Waals surface area contributed by atoms with Crippen LogP contribution in [0.4, 0.5) is 0 Å². The van der Waals surface area contributed by atoms with Crippen molar-refractivity contribution in [2.75, 3.05) is 13.1 Å². The molecule has 6 heteroatoms. The molecule has 21 heavy (non-hydrogen) atoms. The van der Waals surface area contributed by atoms with Crippen LogP contribution in [-0.2, 0) is 14.6 Å². The molecule has 0 radical (unpaired) electrons. The number of benzene rings is 1. The Morgan fingerprint density at radius 1 is 1.24 bits per heavy atom. The van der Waals surface area contributed by atoms with Crippen LogP contribution in [0.2, 0.25) is 0 Å². The van der Waals surface area contributed by atoms with Crippen molar-refractivity contribution in [3.05, 3.63) is 34.7 Å². The predicted octanol–water partition coefficient (Wildman–Crippen LogP) is 1.36. The van der Waals surface area contributed by atoms with Gasteiger partial charge in [-0.2, -0.15) is 0 Å². The maximum atomic E-state index is 12.6. The minimum absolute atomic E-state index is 0.187. The molecule has 1 aromatic rings. The minimum Gasteiger partial charge on any atom is -0.370 e. The number of fused-ring (bicyclic) bond motifs is 1. The highest BCUT2D eigenvalue weighted by Crippen LogP contribution is 2.41. The monoisotopic (exact) mass is 306 g/mol. The van der Waals surface area contributed by atoms with Gasteiger partial charge in [-0.25, -0.2) is 8.42 Å². The highest BCUT2D eigenvalue weighted by atomic mass is 32.2. The lowest BCUT2D eigenvalue weighted by molar-refractivity contribution is -0.113. The topological polar surface area (TPSA) is 80.5 Å². The van der Waals surface area contributed by atoms with Crippen molar-refractivity contribution in [3.8, 4) is 0 Å². The first-order valence-corrected chi connectivity index (χ1v) is 8.54. The van der Waals surface area contributed by atoms with Gasteiger partial charge in [-0.3, -0.25) is 4.79 Å². The van der Waals surface area contributed by atoms with Crippen LogP contribution in [0, 0.1) is 5.92 Å². The van der Waals surface area contributed by atoms with Crippen molar-refractivity contribution >= 4 is 21.4 Å². The molecule has 1 aromatic carbocycles. The molecule has 3 rings (SSSR count). The number of likely N-dealkylation sites (tertiary alicyclic amines) is 1. The van der Waals surface area contributed by atoms with Crippen LogP contribution in [0.25, 0.3) is 5.70 Å². The predicted molar refractivity (Wildman–Crippen MR) is 79.7 cm³/mol. The summed E-state index contributed by atoms with van der Waals surface area (Å²) in [6.45, 7) is 3.67. The summed E-state index contributed by atoms with van der Waals surface area (Å²) in [5.74, 6) is -0.257. The van der Waals surface area contributed by atoms with E-state index in [-0.39, 0.29) is 9.80 Å². The molecule has 112 valence electrons. The van der Waals surface area contributed by atoms with Gasteiger partial charge in [-0.1, -0.05) is 25.1 Å². The average molecular weight is 306 g/mol. The van der Waals surface area contributed by atoms with E-state index in [0.717, 1.165) is 25.9 Å². The van der Waals surface area contributed by atoms with Gasteiger partial charge in [0, 0.05) is 18.7 Å². The quantitative estimate of drug-likeness (QED) is 0.894. The largest absolute Gasteiger partial charge is 0.370 e. The molecule has 2 N–H and O–H groups in total. The second kappa shape index (κ2) is 4.87. The average Bonchev–Trinajstić information content (AvgIpc) is 2.68. The third-order valence-corrected chi connectivity index (χ3v) is 6.11. The van der Waals surface area contributed by atoms with Crippen molar-refractivity contribution in [1.29, 1.82) is 0 Å². The van der Waals surface area contributed by atoms with Crippen molar-refractivity contribution < 1.29 is 13.2 Å². The molecule has 0 unspecified atom stereocenters. The van der Waals surface area contributed by atoms with E-state index < -0.39 is 15.7 Å². The Kier molecular flexibility index (Phi) is 3.28. The van der Waals surface area contributed by atoms with E-state index in [9.17, 15) is 13.2 Å². The molecule has 1 amide bonds. The van der Waals surface area contributed by atoms with Crippen LogP contribution < -0.4 is 5.73 Å². The van der Waals surface area contributed by atoms with Gasteiger partial charge in [0.25, 0.3) is 5.91 Å². The fraction of sp³-hybridized carbons (Fsp3) is 0.400. The highest BCUT2D eigenvalue weighted by Gasteiger charge is 2.41. The Morgan fingerprint density at radius 2 is 1.86 bits per heavy atom. The van der Waals surface area contributed by atoms with Crippen LogP contribution in [0.1, 0.15) is 25.3 Å². The number of rotatable bonds is 2. The molecule has 0 aliphatic carbocycles. The van der Waals surface area contributed by atoms with Crippen LogP contribution in [0.15, 0.2) is 34.1 Å². The second-order valence-corrected chi connectivity index (χ2v) is 7.57. The molecule has 0 bridgehead atoms. The molecule has 0 saturated carbocycles. The van der Waals surface area contributed by atoms with E-state index in [2.05, 4.69) is 6.92 Å². The maximum Gasteiger partial charge on any atom is 0.262 e. The SMILES string of the molecule is CC1CCN(C2=C(C(N)=O)S(=O)(=O)c3ccccc32)CC1. The molecule has 0 atom stereocenters. The Balaban J connectivity index is 2.18. The summed E-state index contributed by atoms with van der Waals surface area (Å²) in [5.41, 5.74) is 6.46. The molecule has 1 fully saturated rings. The number of piperidine rings is 1. The van der Waals surface area contributed by atoms with Gasteiger partial charge in [-0.15, -0.1) is 0 Å². The summed E-state index contributed by atoms with van der Waals surface area (Å²) >= 11 is 0. The standard InChI is InChI=1S/C15H18N2O3S/c1-10-6-8-17(9-7-10)13-11-4-2-3-5-12(11)21(19,20)14(13)15(16)18/h2-5,10H,6-9H2,1H3,(H2,16,18). The number of hydrogen-bond acceptors (Lipinski definition) is 4. The third kappa shape index (κ3) is 2.14. The maximum absolute atomic E-state index is 12.6. The summed E-state index contributed by atoms with van der Waals surface area (Å²) < 4.78 is 25.1. The number of carbonyl (C=O) groups is 1. The van der Waals surface area contributed by atoms with Gasteiger partial charge in [0.1, 0.15) is 0 Å². The number of nitrogens with zero attached hydrogens (tertiary/aromatic N) is 1.